The Morgan fingerprint density at radius 3 is 2.28 bits per heavy atom. The average molecular weight is 538 g/mol. The van der Waals surface area contributed by atoms with Gasteiger partial charge in [-0.3, -0.25) is 19.3 Å². The van der Waals surface area contributed by atoms with Crippen LogP contribution in [0.1, 0.15) is 22.8 Å². The van der Waals surface area contributed by atoms with Crippen LogP contribution in [0.2, 0.25) is 5.02 Å². The van der Waals surface area contributed by atoms with Crippen LogP contribution < -0.4 is 14.7 Å². The Labute approximate surface area is 221 Å². The Kier molecular flexibility index (Phi) is 5.01. The number of anilines is 2. The number of nitrogens with one attached hydrogen (secondary N) is 1. The van der Waals surface area contributed by atoms with Gasteiger partial charge in [-0.1, -0.05) is 35.1 Å². The molecule has 0 radical (unpaired) electrons. The van der Waals surface area contributed by atoms with E-state index in [0.717, 1.165) is 22.0 Å². The van der Waals surface area contributed by atoms with E-state index in [0.29, 0.717) is 10.7 Å². The van der Waals surface area contributed by atoms with Gasteiger partial charge in [0.05, 0.1) is 22.5 Å². The van der Waals surface area contributed by atoms with E-state index in [1.54, 1.807) is 36.0 Å². The Morgan fingerprint density at radius 2 is 1.61 bits per heavy atom. The van der Waals surface area contributed by atoms with Crippen LogP contribution in [-0.2, 0) is 9.59 Å². The molecule has 0 unspecified atom stereocenters. The van der Waals surface area contributed by atoms with E-state index in [-0.39, 0.29) is 57.4 Å². The van der Waals surface area contributed by atoms with E-state index in [4.69, 9.17) is 11.6 Å². The molecule has 1 saturated heterocycles. The lowest BCUT2D eigenvalue weighted by molar-refractivity contribution is -0.123. The number of benzene rings is 2. The summed E-state index contributed by atoms with van der Waals surface area (Å²) in [5, 5.41) is 1.70. The molecule has 184 valence electrons. The molecule has 3 heterocycles. The number of hydrogen-bond donors (Lipinski definition) is 1. The molecule has 3 aromatic rings. The van der Waals surface area contributed by atoms with Gasteiger partial charge in [-0.25, -0.2) is 0 Å². The summed E-state index contributed by atoms with van der Waals surface area (Å²) in [4.78, 5) is 47.4. The maximum absolute atomic E-state index is 13.8. The lowest BCUT2D eigenvalue weighted by atomic mass is 9.68. The fourth-order valence-electron chi connectivity index (χ4n) is 7.21. The maximum Gasteiger partial charge on any atom is 0.305 e. The minimum absolute atomic E-state index is 0.0369. The number of nitrogens with zero attached hydrogens (tertiary/aromatic N) is 2. The summed E-state index contributed by atoms with van der Waals surface area (Å²) in [5.74, 6) is -0.314. The van der Waals surface area contributed by atoms with Crippen molar-refractivity contribution in [2.45, 2.75) is 22.6 Å². The lowest BCUT2D eigenvalue weighted by Gasteiger charge is -2.43. The highest BCUT2D eigenvalue weighted by molar-refractivity contribution is 8.00. The Morgan fingerprint density at radius 1 is 0.944 bits per heavy atom. The number of thiazole rings is 1. The fourth-order valence-corrected chi connectivity index (χ4v) is 10.2. The number of halogens is 1. The smallest absolute Gasteiger partial charge is 0.305 e. The molecule has 7 atom stereocenters. The summed E-state index contributed by atoms with van der Waals surface area (Å²) < 4.78 is 0. The first-order chi connectivity index (χ1) is 17.3. The SMILES string of the molecule is CN(C)c1ccc([C@@H]2c3sc(=O)[nH]c3S[C@@H]3[C@H]4C[C@@H]([C@@H]5C(=O)N(c6ccc(Cl)cc6)C(=O)[C@H]45)[C@@H]23)cc1. The largest absolute Gasteiger partial charge is 0.378 e. The summed E-state index contributed by atoms with van der Waals surface area (Å²) >= 11 is 9.06. The molecular formula is C27H24ClN3O3S2. The lowest BCUT2D eigenvalue weighted by Crippen LogP contribution is -2.42. The Bertz CT molecular complexity index is 1450. The summed E-state index contributed by atoms with van der Waals surface area (Å²) in [6.07, 6.45) is 0.884. The summed E-state index contributed by atoms with van der Waals surface area (Å²) in [6, 6.07) is 15.5. The first kappa shape index (κ1) is 22.6. The van der Waals surface area contributed by atoms with Crippen molar-refractivity contribution in [2.24, 2.45) is 29.6 Å². The van der Waals surface area contributed by atoms with Crippen LogP contribution >= 0.6 is 34.7 Å². The highest BCUT2D eigenvalue weighted by atomic mass is 35.5. The number of carbonyl (C=O) groups is 2. The summed E-state index contributed by atoms with van der Waals surface area (Å²) in [6.45, 7) is 0. The van der Waals surface area contributed by atoms with Crippen LogP contribution in [0.25, 0.3) is 0 Å². The van der Waals surface area contributed by atoms with Crippen LogP contribution in [0.5, 0.6) is 0 Å². The van der Waals surface area contributed by atoms with Crippen molar-refractivity contribution in [1.82, 2.24) is 4.98 Å². The first-order valence-electron chi connectivity index (χ1n) is 12.1. The van der Waals surface area contributed by atoms with Gasteiger partial charge in [-0.05, 0) is 66.1 Å². The monoisotopic (exact) mass is 537 g/mol. The van der Waals surface area contributed by atoms with Gasteiger partial charge in [-0.15, -0.1) is 11.8 Å². The standard InChI is InChI=1S/C27H24ClN3O3S2/c1-30(2)14-7-3-12(4-8-14)18-19-16-11-17(22(19)35-24-23(18)36-27(34)29-24)21-20(16)25(32)31(26(21)33)15-9-5-13(28)6-10-15/h3-10,16-22H,11H2,1-2H3,(H,29,34)/t16-,17+,18+,19+,20+,21-,22-/m1/s1. The van der Waals surface area contributed by atoms with Crippen molar-refractivity contribution in [1.29, 1.82) is 0 Å². The number of rotatable bonds is 3. The highest BCUT2D eigenvalue weighted by Gasteiger charge is 2.69. The third-order valence-corrected chi connectivity index (χ3v) is 11.4. The van der Waals surface area contributed by atoms with E-state index in [9.17, 15) is 14.4 Å². The zero-order valence-corrected chi connectivity index (χ0v) is 22.1. The van der Waals surface area contributed by atoms with Crippen molar-refractivity contribution in [3.8, 4) is 0 Å². The van der Waals surface area contributed by atoms with Crippen LogP contribution in [0, 0.1) is 29.6 Å². The molecule has 3 fully saturated rings. The number of aromatic amines is 1. The van der Waals surface area contributed by atoms with Gasteiger partial charge >= 0.3 is 4.87 Å². The highest BCUT2D eigenvalue weighted by Crippen LogP contribution is 2.68. The molecule has 2 bridgehead atoms. The van der Waals surface area contributed by atoms with Gasteiger partial charge < -0.3 is 9.88 Å². The van der Waals surface area contributed by atoms with E-state index in [1.807, 2.05) is 14.1 Å². The van der Waals surface area contributed by atoms with Crippen LogP contribution in [-0.4, -0.2) is 36.1 Å². The van der Waals surface area contributed by atoms with Gasteiger partial charge in [0.25, 0.3) is 0 Å². The van der Waals surface area contributed by atoms with Crippen LogP contribution in [0.3, 0.4) is 0 Å². The predicted molar refractivity (Wildman–Crippen MR) is 143 cm³/mol. The fraction of sp³-hybridized carbons (Fsp3) is 0.370. The maximum atomic E-state index is 13.8. The number of imide groups is 1. The van der Waals surface area contributed by atoms with Crippen molar-refractivity contribution in [3.05, 3.63) is 73.7 Å². The van der Waals surface area contributed by atoms with E-state index >= 15 is 0 Å². The third kappa shape index (κ3) is 3.07. The van der Waals surface area contributed by atoms with Gasteiger partial charge in [-0.2, -0.15) is 0 Å². The number of fused-ring (bicyclic) bond motifs is 9. The predicted octanol–water partition coefficient (Wildman–Crippen LogP) is 4.83. The summed E-state index contributed by atoms with van der Waals surface area (Å²) in [7, 11) is 4.03. The molecular weight excluding hydrogens is 514 g/mol. The number of aromatic nitrogens is 1. The van der Waals surface area contributed by atoms with E-state index in [1.165, 1.54) is 21.8 Å². The van der Waals surface area contributed by atoms with Crippen molar-refractivity contribution >= 4 is 57.9 Å². The molecule has 2 amide bonds. The molecule has 0 spiro atoms. The molecule has 2 aromatic carbocycles. The number of amides is 2. The van der Waals surface area contributed by atoms with Crippen LogP contribution in [0.15, 0.2) is 58.4 Å². The molecule has 36 heavy (non-hydrogen) atoms. The molecule has 6 nitrogen and oxygen atoms in total. The first-order valence-corrected chi connectivity index (χ1v) is 14.2. The molecule has 9 heteroatoms. The molecule has 1 N–H and O–H groups in total. The molecule has 1 aromatic heterocycles. The van der Waals surface area contributed by atoms with Gasteiger partial charge in [0.2, 0.25) is 11.8 Å². The second-order valence-electron chi connectivity index (χ2n) is 10.4. The number of H-pyrrole nitrogens is 1. The topological polar surface area (TPSA) is 73.5 Å². The second kappa shape index (κ2) is 7.97. The van der Waals surface area contributed by atoms with Gasteiger partial charge in [0.15, 0.2) is 0 Å². The van der Waals surface area contributed by atoms with Crippen molar-refractivity contribution in [2.75, 3.05) is 23.9 Å². The summed E-state index contributed by atoms with van der Waals surface area (Å²) in [5.41, 5.74) is 2.88. The van der Waals surface area contributed by atoms with Gasteiger partial charge in [0, 0.05) is 40.9 Å². The zero-order valence-electron chi connectivity index (χ0n) is 19.7. The second-order valence-corrected chi connectivity index (χ2v) is 13.1. The number of carbonyl (C=O) groups excluding carboxylic acids is 2. The van der Waals surface area contributed by atoms with Crippen molar-refractivity contribution in [3.63, 3.8) is 0 Å². The molecule has 2 aliphatic heterocycles. The minimum Gasteiger partial charge on any atom is -0.378 e. The average Bonchev–Trinajstić information content (AvgIpc) is 3.59. The Balaban J connectivity index is 1.31. The number of hydrogen-bond acceptors (Lipinski definition) is 6. The van der Waals surface area contributed by atoms with Gasteiger partial charge in [0.1, 0.15) is 0 Å². The van der Waals surface area contributed by atoms with Crippen LogP contribution in [0.4, 0.5) is 11.4 Å². The molecule has 2 aliphatic carbocycles. The number of thioether (sulfide) groups is 1. The zero-order chi connectivity index (χ0) is 24.9. The van der Waals surface area contributed by atoms with E-state index < -0.39 is 0 Å². The molecule has 4 aliphatic rings. The minimum atomic E-state index is -0.305. The normalized spacial score (nSPS) is 32.0. The van der Waals surface area contributed by atoms with Crippen molar-refractivity contribution < 1.29 is 9.59 Å². The van der Waals surface area contributed by atoms with E-state index in [2.05, 4.69) is 34.1 Å². The quantitative estimate of drug-likeness (QED) is 0.484. The molecule has 7 rings (SSSR count). The Hall–Kier alpha value is -2.55. The molecule has 2 saturated carbocycles. The third-order valence-electron chi connectivity index (χ3n) is 8.58.